The zero-order valence-corrected chi connectivity index (χ0v) is 7.83. The summed E-state index contributed by atoms with van der Waals surface area (Å²) in [6, 6.07) is 0.525. The van der Waals surface area contributed by atoms with Crippen LogP contribution < -0.4 is 5.32 Å². The second kappa shape index (κ2) is 5.96. The molecule has 0 aromatic rings. The maximum absolute atomic E-state index is 3.83. The molecule has 0 radical (unpaired) electrons. The van der Waals surface area contributed by atoms with Gasteiger partial charge in [0, 0.05) is 19.3 Å². The summed E-state index contributed by atoms with van der Waals surface area (Å²) in [7, 11) is 1.76. The van der Waals surface area contributed by atoms with Crippen molar-refractivity contribution in [2.45, 2.75) is 26.8 Å². The summed E-state index contributed by atoms with van der Waals surface area (Å²) in [5.41, 5.74) is 0. The molecule has 11 heavy (non-hydrogen) atoms. The standard InChI is InChI=1S/C9H18N2/c1-8(2)9(3)11-7-5-6-10-4/h5-9,11H,1-4H3. The molecule has 1 atom stereocenters. The lowest BCUT2D eigenvalue weighted by molar-refractivity contribution is 0.474. The summed E-state index contributed by atoms with van der Waals surface area (Å²) >= 11 is 0. The lowest BCUT2D eigenvalue weighted by Gasteiger charge is -2.14. The van der Waals surface area contributed by atoms with Gasteiger partial charge in [-0.3, -0.25) is 4.99 Å². The number of allylic oxidation sites excluding steroid dienone is 1. The number of hydrogen-bond acceptors (Lipinski definition) is 2. The number of nitrogens with one attached hydrogen (secondary N) is 1. The van der Waals surface area contributed by atoms with Crippen LogP contribution in [0.25, 0.3) is 0 Å². The third kappa shape index (κ3) is 5.64. The van der Waals surface area contributed by atoms with Crippen molar-refractivity contribution in [3.63, 3.8) is 0 Å². The van der Waals surface area contributed by atoms with E-state index in [4.69, 9.17) is 0 Å². The minimum absolute atomic E-state index is 0.525. The lowest BCUT2D eigenvalue weighted by atomic mass is 10.1. The Labute approximate surface area is 69.4 Å². The first-order valence-electron chi connectivity index (χ1n) is 4.01. The summed E-state index contributed by atoms with van der Waals surface area (Å²) < 4.78 is 0. The molecule has 0 aliphatic carbocycles. The first-order valence-corrected chi connectivity index (χ1v) is 4.01. The fourth-order valence-electron chi connectivity index (χ4n) is 0.529. The van der Waals surface area contributed by atoms with Gasteiger partial charge in [-0.2, -0.15) is 0 Å². The average Bonchev–Trinajstić information content (AvgIpc) is 1.97. The van der Waals surface area contributed by atoms with Gasteiger partial charge >= 0.3 is 0 Å². The van der Waals surface area contributed by atoms with Crippen molar-refractivity contribution < 1.29 is 0 Å². The molecule has 0 saturated carbocycles. The van der Waals surface area contributed by atoms with Crippen molar-refractivity contribution in [3.8, 4) is 0 Å². The topological polar surface area (TPSA) is 24.4 Å². The van der Waals surface area contributed by atoms with E-state index in [2.05, 4.69) is 31.1 Å². The van der Waals surface area contributed by atoms with E-state index >= 15 is 0 Å². The Balaban J connectivity index is 3.52. The van der Waals surface area contributed by atoms with E-state index in [1.807, 2.05) is 12.3 Å². The van der Waals surface area contributed by atoms with Crippen molar-refractivity contribution >= 4 is 6.21 Å². The third-order valence-electron chi connectivity index (χ3n) is 1.69. The van der Waals surface area contributed by atoms with E-state index in [1.165, 1.54) is 0 Å². The zero-order valence-electron chi connectivity index (χ0n) is 7.83. The minimum Gasteiger partial charge on any atom is -0.388 e. The highest BCUT2D eigenvalue weighted by atomic mass is 14.9. The van der Waals surface area contributed by atoms with Crippen LogP contribution in [-0.4, -0.2) is 19.3 Å². The van der Waals surface area contributed by atoms with Crippen molar-refractivity contribution in [1.29, 1.82) is 0 Å². The Morgan fingerprint density at radius 1 is 1.27 bits per heavy atom. The lowest BCUT2D eigenvalue weighted by Crippen LogP contribution is -2.25. The highest BCUT2D eigenvalue weighted by Gasteiger charge is 2.01. The highest BCUT2D eigenvalue weighted by Crippen LogP contribution is 1.98. The Morgan fingerprint density at radius 3 is 2.36 bits per heavy atom. The molecule has 0 aromatic carbocycles. The van der Waals surface area contributed by atoms with Gasteiger partial charge in [0.25, 0.3) is 0 Å². The summed E-state index contributed by atoms with van der Waals surface area (Å²) in [5, 5.41) is 3.25. The normalized spacial score (nSPS) is 15.0. The second-order valence-corrected chi connectivity index (χ2v) is 2.97. The van der Waals surface area contributed by atoms with Crippen LogP contribution in [0.2, 0.25) is 0 Å². The summed E-state index contributed by atoms with van der Waals surface area (Å²) in [4.78, 5) is 3.83. The van der Waals surface area contributed by atoms with Gasteiger partial charge < -0.3 is 5.32 Å². The molecule has 0 aromatic heterocycles. The van der Waals surface area contributed by atoms with E-state index < -0.39 is 0 Å². The molecule has 2 nitrogen and oxygen atoms in total. The first kappa shape index (κ1) is 10.2. The molecule has 1 unspecified atom stereocenters. The van der Waals surface area contributed by atoms with Crippen molar-refractivity contribution in [2.75, 3.05) is 7.05 Å². The third-order valence-corrected chi connectivity index (χ3v) is 1.69. The predicted octanol–water partition coefficient (Wildman–Crippen LogP) is 1.83. The van der Waals surface area contributed by atoms with Crippen LogP contribution in [0, 0.1) is 5.92 Å². The molecule has 0 aliphatic heterocycles. The van der Waals surface area contributed by atoms with Gasteiger partial charge in [0.1, 0.15) is 0 Å². The Hall–Kier alpha value is -0.790. The second-order valence-electron chi connectivity index (χ2n) is 2.97. The van der Waals surface area contributed by atoms with E-state index in [1.54, 1.807) is 13.3 Å². The fourth-order valence-corrected chi connectivity index (χ4v) is 0.529. The van der Waals surface area contributed by atoms with E-state index in [0.29, 0.717) is 12.0 Å². The number of aliphatic imine (C=N–C) groups is 1. The van der Waals surface area contributed by atoms with E-state index in [-0.39, 0.29) is 0 Å². The molecule has 0 saturated heterocycles. The van der Waals surface area contributed by atoms with E-state index in [9.17, 15) is 0 Å². The SMILES string of the molecule is CN=CC=CNC(C)C(C)C. The summed E-state index contributed by atoms with van der Waals surface area (Å²) in [6.45, 7) is 6.55. The first-order chi connectivity index (χ1) is 5.18. The largest absolute Gasteiger partial charge is 0.388 e. The van der Waals surface area contributed by atoms with Crippen molar-refractivity contribution in [2.24, 2.45) is 10.9 Å². The van der Waals surface area contributed by atoms with Gasteiger partial charge in [0.2, 0.25) is 0 Å². The number of nitrogens with zero attached hydrogens (tertiary/aromatic N) is 1. The molecule has 0 heterocycles. The fraction of sp³-hybridized carbons (Fsp3) is 0.667. The maximum atomic E-state index is 3.83. The van der Waals surface area contributed by atoms with Crippen molar-refractivity contribution in [1.82, 2.24) is 5.32 Å². The molecular formula is C9H18N2. The molecule has 0 fully saturated rings. The Kier molecular flexibility index (Phi) is 5.53. The molecule has 2 heteroatoms. The highest BCUT2D eigenvalue weighted by molar-refractivity contribution is 5.70. The molecule has 64 valence electrons. The van der Waals surface area contributed by atoms with Gasteiger partial charge in [-0.05, 0) is 25.1 Å². The smallest absolute Gasteiger partial charge is 0.0277 e. The number of rotatable bonds is 4. The van der Waals surface area contributed by atoms with Gasteiger partial charge in [-0.25, -0.2) is 0 Å². The van der Waals surface area contributed by atoms with Gasteiger partial charge in [0.05, 0.1) is 0 Å². The Morgan fingerprint density at radius 2 is 1.91 bits per heavy atom. The van der Waals surface area contributed by atoms with Crippen LogP contribution in [0.3, 0.4) is 0 Å². The monoisotopic (exact) mass is 154 g/mol. The molecule has 0 amide bonds. The predicted molar refractivity (Wildman–Crippen MR) is 51.0 cm³/mol. The van der Waals surface area contributed by atoms with Crippen LogP contribution >= 0.6 is 0 Å². The quantitative estimate of drug-likeness (QED) is 0.614. The van der Waals surface area contributed by atoms with E-state index in [0.717, 1.165) is 0 Å². The molecule has 0 bridgehead atoms. The molecular weight excluding hydrogens is 136 g/mol. The van der Waals surface area contributed by atoms with Gasteiger partial charge in [0.15, 0.2) is 0 Å². The summed E-state index contributed by atoms with van der Waals surface area (Å²) in [6.07, 6.45) is 5.59. The van der Waals surface area contributed by atoms with Crippen LogP contribution in [0.15, 0.2) is 17.3 Å². The van der Waals surface area contributed by atoms with Gasteiger partial charge in [-0.15, -0.1) is 0 Å². The van der Waals surface area contributed by atoms with Crippen molar-refractivity contribution in [3.05, 3.63) is 12.3 Å². The van der Waals surface area contributed by atoms with Gasteiger partial charge in [-0.1, -0.05) is 13.8 Å². The van der Waals surface area contributed by atoms with Crippen LogP contribution in [0.5, 0.6) is 0 Å². The van der Waals surface area contributed by atoms with Crippen LogP contribution in [-0.2, 0) is 0 Å². The minimum atomic E-state index is 0.525. The summed E-state index contributed by atoms with van der Waals surface area (Å²) in [5.74, 6) is 0.665. The Bertz CT molecular complexity index is 136. The average molecular weight is 154 g/mol. The van der Waals surface area contributed by atoms with Crippen LogP contribution in [0.1, 0.15) is 20.8 Å². The zero-order chi connectivity index (χ0) is 8.69. The number of hydrogen-bond donors (Lipinski definition) is 1. The molecule has 0 aliphatic rings. The maximum Gasteiger partial charge on any atom is 0.0277 e. The molecule has 0 spiro atoms. The van der Waals surface area contributed by atoms with Crippen LogP contribution in [0.4, 0.5) is 0 Å². The molecule has 0 rings (SSSR count). The molecule has 1 N–H and O–H groups in total.